The van der Waals surface area contributed by atoms with Gasteiger partial charge in [0.1, 0.15) is 5.75 Å². The van der Waals surface area contributed by atoms with Gasteiger partial charge in [-0.15, -0.1) is 0 Å². The Bertz CT molecular complexity index is 354. The zero-order valence-corrected chi connectivity index (χ0v) is 9.76. The standard InChI is InChI=1S/C13H19NO/c1-9-8-13(15-3)10(2)7-11(9)12-5-4-6-14-12/h7-8,12,14H,4-6H2,1-3H3/t12-/m1/s1. The van der Waals surface area contributed by atoms with Crippen LogP contribution in [0.4, 0.5) is 0 Å². The summed E-state index contributed by atoms with van der Waals surface area (Å²) in [5.74, 6) is 0.995. The van der Waals surface area contributed by atoms with Crippen molar-refractivity contribution in [3.63, 3.8) is 0 Å². The molecule has 0 unspecified atom stereocenters. The molecule has 2 rings (SSSR count). The van der Waals surface area contributed by atoms with E-state index < -0.39 is 0 Å². The SMILES string of the molecule is COc1cc(C)c([C@H]2CCCN2)cc1C. The van der Waals surface area contributed by atoms with Gasteiger partial charge in [-0.3, -0.25) is 0 Å². The van der Waals surface area contributed by atoms with Crippen molar-refractivity contribution in [3.8, 4) is 5.75 Å². The van der Waals surface area contributed by atoms with E-state index in [9.17, 15) is 0 Å². The first-order valence-electron chi connectivity index (χ1n) is 5.61. The van der Waals surface area contributed by atoms with Gasteiger partial charge in [-0.25, -0.2) is 0 Å². The molecular weight excluding hydrogens is 186 g/mol. The molecule has 2 heteroatoms. The summed E-state index contributed by atoms with van der Waals surface area (Å²) < 4.78 is 5.32. The number of nitrogens with one attached hydrogen (secondary N) is 1. The molecule has 1 aliphatic rings. The number of ether oxygens (including phenoxy) is 1. The first-order valence-corrected chi connectivity index (χ1v) is 5.61. The summed E-state index contributed by atoms with van der Waals surface area (Å²) in [5.41, 5.74) is 3.99. The molecule has 82 valence electrons. The maximum atomic E-state index is 5.32. The summed E-state index contributed by atoms with van der Waals surface area (Å²) in [6.07, 6.45) is 2.54. The van der Waals surface area contributed by atoms with Crippen LogP contribution in [0.5, 0.6) is 5.75 Å². The van der Waals surface area contributed by atoms with Crippen molar-refractivity contribution < 1.29 is 4.74 Å². The number of aryl methyl sites for hydroxylation is 2. The quantitative estimate of drug-likeness (QED) is 0.801. The second-order valence-electron chi connectivity index (χ2n) is 4.33. The van der Waals surface area contributed by atoms with Gasteiger partial charge in [-0.05, 0) is 56.0 Å². The normalized spacial score (nSPS) is 20.6. The third kappa shape index (κ3) is 2.00. The topological polar surface area (TPSA) is 21.3 Å². The van der Waals surface area contributed by atoms with Gasteiger partial charge in [0.05, 0.1) is 7.11 Å². The van der Waals surface area contributed by atoms with Crippen LogP contribution in [-0.2, 0) is 0 Å². The van der Waals surface area contributed by atoms with Crippen LogP contribution in [0.2, 0.25) is 0 Å². The fourth-order valence-electron chi connectivity index (χ4n) is 2.36. The molecule has 1 fully saturated rings. The van der Waals surface area contributed by atoms with Crippen LogP contribution in [0.15, 0.2) is 12.1 Å². The Morgan fingerprint density at radius 2 is 2.07 bits per heavy atom. The van der Waals surface area contributed by atoms with Crippen molar-refractivity contribution in [2.24, 2.45) is 0 Å². The Labute approximate surface area is 91.6 Å². The highest BCUT2D eigenvalue weighted by Gasteiger charge is 2.18. The van der Waals surface area contributed by atoms with E-state index in [1.807, 2.05) is 0 Å². The Balaban J connectivity index is 2.35. The van der Waals surface area contributed by atoms with Crippen molar-refractivity contribution in [1.29, 1.82) is 0 Å². The van der Waals surface area contributed by atoms with E-state index in [1.54, 1.807) is 7.11 Å². The molecule has 0 amide bonds. The fourth-order valence-corrected chi connectivity index (χ4v) is 2.36. The molecule has 1 N–H and O–H groups in total. The number of hydrogen-bond donors (Lipinski definition) is 1. The smallest absolute Gasteiger partial charge is 0.122 e. The first-order chi connectivity index (χ1) is 7.22. The van der Waals surface area contributed by atoms with Crippen molar-refractivity contribution >= 4 is 0 Å². The van der Waals surface area contributed by atoms with Gasteiger partial charge in [-0.2, -0.15) is 0 Å². The highest BCUT2D eigenvalue weighted by Crippen LogP contribution is 2.30. The molecule has 1 heterocycles. The van der Waals surface area contributed by atoms with E-state index in [0.29, 0.717) is 6.04 Å². The van der Waals surface area contributed by atoms with E-state index in [-0.39, 0.29) is 0 Å². The Hall–Kier alpha value is -1.02. The fraction of sp³-hybridized carbons (Fsp3) is 0.538. The van der Waals surface area contributed by atoms with Gasteiger partial charge in [0.15, 0.2) is 0 Å². The lowest BCUT2D eigenvalue weighted by atomic mass is 9.97. The number of methoxy groups -OCH3 is 1. The van der Waals surface area contributed by atoms with Gasteiger partial charge in [0.25, 0.3) is 0 Å². The van der Waals surface area contributed by atoms with Crippen LogP contribution in [0.25, 0.3) is 0 Å². The molecule has 1 saturated heterocycles. The first kappa shape index (κ1) is 10.5. The zero-order valence-electron chi connectivity index (χ0n) is 9.76. The van der Waals surface area contributed by atoms with Crippen LogP contribution >= 0.6 is 0 Å². The maximum absolute atomic E-state index is 5.32. The lowest BCUT2D eigenvalue weighted by molar-refractivity contribution is 0.411. The number of benzene rings is 1. The van der Waals surface area contributed by atoms with Crippen LogP contribution in [0, 0.1) is 13.8 Å². The summed E-state index contributed by atoms with van der Waals surface area (Å²) >= 11 is 0. The average molecular weight is 205 g/mol. The number of hydrogen-bond acceptors (Lipinski definition) is 2. The molecular formula is C13H19NO. The Morgan fingerprint density at radius 3 is 2.67 bits per heavy atom. The van der Waals surface area contributed by atoms with Crippen LogP contribution in [0.3, 0.4) is 0 Å². The second kappa shape index (κ2) is 4.23. The van der Waals surface area contributed by atoms with Crippen LogP contribution in [-0.4, -0.2) is 13.7 Å². The molecule has 0 radical (unpaired) electrons. The molecule has 0 saturated carbocycles. The second-order valence-corrected chi connectivity index (χ2v) is 4.33. The molecule has 15 heavy (non-hydrogen) atoms. The summed E-state index contributed by atoms with van der Waals surface area (Å²) in [4.78, 5) is 0. The molecule has 1 aromatic carbocycles. The molecule has 0 aromatic heterocycles. The molecule has 1 aromatic rings. The molecule has 2 nitrogen and oxygen atoms in total. The third-order valence-electron chi connectivity index (χ3n) is 3.22. The van der Waals surface area contributed by atoms with Gasteiger partial charge in [0, 0.05) is 6.04 Å². The monoisotopic (exact) mass is 205 g/mol. The highest BCUT2D eigenvalue weighted by atomic mass is 16.5. The predicted molar refractivity (Wildman–Crippen MR) is 62.4 cm³/mol. The van der Waals surface area contributed by atoms with E-state index in [4.69, 9.17) is 4.74 Å². The lowest BCUT2D eigenvalue weighted by Crippen LogP contribution is -2.14. The van der Waals surface area contributed by atoms with E-state index in [1.165, 1.54) is 29.5 Å². The highest BCUT2D eigenvalue weighted by molar-refractivity contribution is 5.43. The minimum Gasteiger partial charge on any atom is -0.496 e. The van der Waals surface area contributed by atoms with Crippen molar-refractivity contribution in [2.75, 3.05) is 13.7 Å². The Kier molecular flexibility index (Phi) is 2.96. The third-order valence-corrected chi connectivity index (χ3v) is 3.22. The van der Waals surface area contributed by atoms with Gasteiger partial charge < -0.3 is 10.1 Å². The average Bonchev–Trinajstić information content (AvgIpc) is 2.74. The summed E-state index contributed by atoms with van der Waals surface area (Å²) in [7, 11) is 1.73. The van der Waals surface area contributed by atoms with E-state index in [2.05, 4.69) is 31.3 Å². The van der Waals surface area contributed by atoms with Gasteiger partial charge in [0.2, 0.25) is 0 Å². The van der Waals surface area contributed by atoms with Crippen molar-refractivity contribution in [1.82, 2.24) is 5.32 Å². The number of rotatable bonds is 2. The van der Waals surface area contributed by atoms with E-state index >= 15 is 0 Å². The van der Waals surface area contributed by atoms with Crippen LogP contribution < -0.4 is 10.1 Å². The molecule has 1 atom stereocenters. The van der Waals surface area contributed by atoms with Gasteiger partial charge >= 0.3 is 0 Å². The Morgan fingerprint density at radius 1 is 1.27 bits per heavy atom. The largest absolute Gasteiger partial charge is 0.496 e. The van der Waals surface area contributed by atoms with Crippen molar-refractivity contribution in [2.45, 2.75) is 32.7 Å². The molecule has 1 aliphatic heterocycles. The zero-order chi connectivity index (χ0) is 10.8. The predicted octanol–water partition coefficient (Wildman–Crippen LogP) is 2.74. The summed E-state index contributed by atoms with van der Waals surface area (Å²) in [5, 5.41) is 3.54. The van der Waals surface area contributed by atoms with Crippen molar-refractivity contribution in [3.05, 3.63) is 28.8 Å². The maximum Gasteiger partial charge on any atom is 0.122 e. The lowest BCUT2D eigenvalue weighted by Gasteiger charge is -2.16. The van der Waals surface area contributed by atoms with Gasteiger partial charge in [-0.1, -0.05) is 6.07 Å². The summed E-state index contributed by atoms with van der Waals surface area (Å²) in [6.45, 7) is 5.42. The molecule has 0 spiro atoms. The summed E-state index contributed by atoms with van der Waals surface area (Å²) in [6, 6.07) is 4.96. The van der Waals surface area contributed by atoms with E-state index in [0.717, 1.165) is 12.3 Å². The molecule has 0 aliphatic carbocycles. The minimum atomic E-state index is 0.551. The molecule has 0 bridgehead atoms. The minimum absolute atomic E-state index is 0.551. The van der Waals surface area contributed by atoms with Crippen LogP contribution in [0.1, 0.15) is 35.6 Å².